The first-order valence-electron chi connectivity index (χ1n) is 8.29. The summed E-state index contributed by atoms with van der Waals surface area (Å²) < 4.78 is 6.13. The Balaban J connectivity index is 1.67. The van der Waals surface area contributed by atoms with Crippen LogP contribution in [0.15, 0.2) is 18.7 Å². The van der Waals surface area contributed by atoms with Crippen LogP contribution in [0.3, 0.4) is 0 Å². The Kier molecular flexibility index (Phi) is 5.10. The monoisotopic (exact) mass is 359 g/mol. The average molecular weight is 359 g/mol. The van der Waals surface area contributed by atoms with E-state index in [4.69, 9.17) is 0 Å². The van der Waals surface area contributed by atoms with E-state index in [0.717, 1.165) is 13.0 Å². The fourth-order valence-electron chi connectivity index (χ4n) is 2.82. The maximum atomic E-state index is 12.3. The van der Waals surface area contributed by atoms with Crippen LogP contribution in [-0.2, 0) is 11.8 Å². The molecule has 2 atom stereocenters. The highest BCUT2D eigenvalue weighted by molar-refractivity contribution is 5.90. The predicted molar refractivity (Wildman–Crippen MR) is 91.6 cm³/mol. The molecule has 1 amide bonds. The van der Waals surface area contributed by atoms with E-state index in [1.165, 1.54) is 30.5 Å². The van der Waals surface area contributed by atoms with Gasteiger partial charge < -0.3 is 15.0 Å². The lowest BCUT2D eigenvalue weighted by atomic mass is 9.93. The molecule has 3 rings (SSSR count). The minimum atomic E-state index is -0.475. The van der Waals surface area contributed by atoms with E-state index in [0.29, 0.717) is 24.0 Å². The molecule has 1 aliphatic rings. The van der Waals surface area contributed by atoms with Crippen LogP contribution in [0.4, 0.5) is 5.95 Å². The summed E-state index contributed by atoms with van der Waals surface area (Å²) in [4.78, 5) is 38.2. The molecular weight excluding hydrogens is 338 g/mol. The Morgan fingerprint density at radius 2 is 2.00 bits per heavy atom. The zero-order valence-electron chi connectivity index (χ0n) is 14.9. The molecule has 2 aromatic heterocycles. The minimum Gasteiger partial charge on any atom is -0.465 e. The number of rotatable bonds is 4. The molecule has 0 aromatic carbocycles. The van der Waals surface area contributed by atoms with E-state index in [2.05, 4.69) is 37.0 Å². The van der Waals surface area contributed by atoms with Crippen LogP contribution in [0.25, 0.3) is 0 Å². The fourth-order valence-corrected chi connectivity index (χ4v) is 2.82. The molecule has 2 aromatic rings. The Morgan fingerprint density at radius 1 is 1.27 bits per heavy atom. The largest absolute Gasteiger partial charge is 0.465 e. The van der Waals surface area contributed by atoms with Gasteiger partial charge in [-0.05, 0) is 12.3 Å². The molecule has 0 bridgehead atoms. The molecule has 0 aliphatic carbocycles. The second-order valence-electron chi connectivity index (χ2n) is 6.30. The zero-order chi connectivity index (χ0) is 18.7. The van der Waals surface area contributed by atoms with Gasteiger partial charge in [-0.3, -0.25) is 9.48 Å². The van der Waals surface area contributed by atoms with E-state index in [1.54, 1.807) is 7.05 Å². The Labute approximate surface area is 150 Å². The highest BCUT2D eigenvalue weighted by Gasteiger charge is 2.29. The number of piperidine rings is 1. The Bertz CT molecular complexity index is 789. The first-order valence-corrected chi connectivity index (χ1v) is 8.29. The van der Waals surface area contributed by atoms with E-state index >= 15 is 0 Å². The Hall–Kier alpha value is -3.04. The standard InChI is InChI=1S/C16H21N7O3/c1-10-4-5-23(16-17-6-11(7-18-16)15(25)26-3)8-12(10)20-14(24)13-19-9-22(2)21-13/h6-7,9-10,12H,4-5,8H2,1-3H3,(H,20,24). The third kappa shape index (κ3) is 3.79. The van der Waals surface area contributed by atoms with Crippen molar-refractivity contribution in [1.29, 1.82) is 0 Å². The fraction of sp³-hybridized carbons (Fsp3) is 0.500. The predicted octanol–water partition coefficient (Wildman–Crippen LogP) is 0.0365. The number of nitrogens with zero attached hydrogens (tertiary/aromatic N) is 6. The normalized spacial score (nSPS) is 19.9. The highest BCUT2D eigenvalue weighted by atomic mass is 16.5. The minimum absolute atomic E-state index is 0.0797. The summed E-state index contributed by atoms with van der Waals surface area (Å²) >= 11 is 0. The summed E-state index contributed by atoms with van der Waals surface area (Å²) in [7, 11) is 3.02. The number of nitrogens with one attached hydrogen (secondary N) is 1. The van der Waals surface area contributed by atoms with Crippen LogP contribution in [0.5, 0.6) is 0 Å². The van der Waals surface area contributed by atoms with Crippen molar-refractivity contribution in [3.63, 3.8) is 0 Å². The number of hydrogen-bond donors (Lipinski definition) is 1. The number of carbonyl (C=O) groups excluding carboxylic acids is 2. The van der Waals surface area contributed by atoms with Crippen LogP contribution < -0.4 is 10.2 Å². The molecule has 10 nitrogen and oxygen atoms in total. The van der Waals surface area contributed by atoms with Crippen LogP contribution in [0, 0.1) is 5.92 Å². The molecule has 0 radical (unpaired) electrons. The third-order valence-electron chi connectivity index (χ3n) is 4.42. The molecular formula is C16H21N7O3. The number of anilines is 1. The van der Waals surface area contributed by atoms with Gasteiger partial charge in [-0.1, -0.05) is 6.92 Å². The molecule has 1 saturated heterocycles. The van der Waals surface area contributed by atoms with Crippen LogP contribution in [-0.4, -0.2) is 62.9 Å². The molecule has 1 fully saturated rings. The molecule has 2 unspecified atom stereocenters. The number of aromatic nitrogens is 5. The molecule has 0 spiro atoms. The average Bonchev–Trinajstić information content (AvgIpc) is 3.09. The van der Waals surface area contributed by atoms with Gasteiger partial charge in [0.25, 0.3) is 5.91 Å². The second-order valence-corrected chi connectivity index (χ2v) is 6.30. The third-order valence-corrected chi connectivity index (χ3v) is 4.42. The zero-order valence-corrected chi connectivity index (χ0v) is 14.9. The maximum Gasteiger partial charge on any atom is 0.341 e. The topological polar surface area (TPSA) is 115 Å². The van der Waals surface area contributed by atoms with Crippen LogP contribution in [0.1, 0.15) is 34.3 Å². The van der Waals surface area contributed by atoms with Crippen molar-refractivity contribution >= 4 is 17.8 Å². The number of esters is 1. The summed E-state index contributed by atoms with van der Waals surface area (Å²) in [6.45, 7) is 3.43. The quantitative estimate of drug-likeness (QED) is 0.761. The smallest absolute Gasteiger partial charge is 0.341 e. The summed E-state index contributed by atoms with van der Waals surface area (Å²) in [6, 6.07) is -0.0797. The molecule has 26 heavy (non-hydrogen) atoms. The van der Waals surface area contributed by atoms with Gasteiger partial charge in [0, 0.05) is 38.6 Å². The number of aryl methyl sites for hydroxylation is 1. The van der Waals surface area contributed by atoms with E-state index < -0.39 is 5.97 Å². The SMILES string of the molecule is COC(=O)c1cnc(N2CCC(C)C(NC(=O)c3ncn(C)n3)C2)nc1. The van der Waals surface area contributed by atoms with Gasteiger partial charge in [-0.2, -0.15) is 0 Å². The van der Waals surface area contributed by atoms with Gasteiger partial charge in [0.2, 0.25) is 11.8 Å². The highest BCUT2D eigenvalue weighted by Crippen LogP contribution is 2.21. The van der Waals surface area contributed by atoms with Crippen molar-refractivity contribution in [1.82, 2.24) is 30.0 Å². The van der Waals surface area contributed by atoms with Crippen LogP contribution >= 0.6 is 0 Å². The summed E-state index contributed by atoms with van der Waals surface area (Å²) in [5.74, 6) is 0.187. The van der Waals surface area contributed by atoms with Gasteiger partial charge in [0.15, 0.2) is 0 Å². The van der Waals surface area contributed by atoms with E-state index in [1.807, 2.05) is 4.90 Å². The number of hydrogen-bond acceptors (Lipinski definition) is 8. The number of ether oxygens (including phenoxy) is 1. The van der Waals surface area contributed by atoms with Crippen molar-refractivity contribution in [3.05, 3.63) is 30.1 Å². The van der Waals surface area contributed by atoms with Crippen LogP contribution in [0.2, 0.25) is 0 Å². The van der Waals surface area contributed by atoms with Gasteiger partial charge in [-0.15, -0.1) is 5.10 Å². The summed E-state index contributed by atoms with van der Waals surface area (Å²) in [6.07, 6.45) is 5.25. The number of methoxy groups -OCH3 is 1. The molecule has 138 valence electrons. The van der Waals surface area contributed by atoms with Crippen molar-refractivity contribution in [2.75, 3.05) is 25.1 Å². The van der Waals surface area contributed by atoms with Gasteiger partial charge >= 0.3 is 5.97 Å². The van der Waals surface area contributed by atoms with Gasteiger partial charge in [0.1, 0.15) is 6.33 Å². The molecule has 10 heteroatoms. The lowest BCUT2D eigenvalue weighted by Crippen LogP contribution is -2.52. The van der Waals surface area contributed by atoms with Crippen molar-refractivity contribution in [2.24, 2.45) is 13.0 Å². The molecule has 3 heterocycles. The van der Waals surface area contributed by atoms with E-state index in [9.17, 15) is 9.59 Å². The van der Waals surface area contributed by atoms with Crippen molar-refractivity contribution < 1.29 is 14.3 Å². The lowest BCUT2D eigenvalue weighted by Gasteiger charge is -2.37. The maximum absolute atomic E-state index is 12.3. The number of amides is 1. The summed E-state index contributed by atoms with van der Waals surface area (Å²) in [5.41, 5.74) is 0.299. The second kappa shape index (κ2) is 7.46. The van der Waals surface area contributed by atoms with E-state index in [-0.39, 0.29) is 17.8 Å². The van der Waals surface area contributed by atoms with Crippen molar-refractivity contribution in [2.45, 2.75) is 19.4 Å². The van der Waals surface area contributed by atoms with Crippen molar-refractivity contribution in [3.8, 4) is 0 Å². The first kappa shape index (κ1) is 17.8. The van der Waals surface area contributed by atoms with Gasteiger partial charge in [-0.25, -0.2) is 19.7 Å². The number of carbonyl (C=O) groups is 2. The van der Waals surface area contributed by atoms with Gasteiger partial charge in [0.05, 0.1) is 12.7 Å². The molecule has 0 saturated carbocycles. The Morgan fingerprint density at radius 3 is 2.62 bits per heavy atom. The first-order chi connectivity index (χ1) is 12.5. The summed E-state index contributed by atoms with van der Waals surface area (Å²) in [5, 5.41) is 7.01. The lowest BCUT2D eigenvalue weighted by molar-refractivity contribution is 0.0599. The molecule has 1 aliphatic heterocycles. The molecule has 1 N–H and O–H groups in total.